The molecule has 9 nitrogen and oxygen atoms in total. The molecule has 0 atom stereocenters. The summed E-state index contributed by atoms with van der Waals surface area (Å²) in [7, 11) is -0.109. The Balaban J connectivity index is 1.85. The van der Waals surface area contributed by atoms with E-state index in [4.69, 9.17) is 14.0 Å². The molecule has 3 aromatic carbocycles. The van der Waals surface area contributed by atoms with Gasteiger partial charge in [0, 0.05) is 29.2 Å². The monoisotopic (exact) mass is 548 g/mol. The van der Waals surface area contributed by atoms with E-state index in [1.54, 1.807) is 51.0 Å². The van der Waals surface area contributed by atoms with E-state index in [-0.39, 0.29) is 31.5 Å². The van der Waals surface area contributed by atoms with Crippen molar-refractivity contribution in [3.8, 4) is 5.88 Å². The Bertz CT molecular complexity index is 1510. The Morgan fingerprint density at radius 1 is 1.03 bits per heavy atom. The first kappa shape index (κ1) is 28.3. The molecular formula is C29H33N4O5P. The maximum atomic E-state index is 13.5. The van der Waals surface area contributed by atoms with Gasteiger partial charge in [-0.2, -0.15) is 0 Å². The largest absolute Gasteiger partial charge is 0.494 e. The van der Waals surface area contributed by atoms with Crippen molar-refractivity contribution in [2.24, 2.45) is 4.99 Å². The van der Waals surface area contributed by atoms with Gasteiger partial charge in [-0.25, -0.2) is 4.99 Å². The number of carbonyl (C=O) groups is 1. The van der Waals surface area contributed by atoms with Crippen molar-refractivity contribution in [2.45, 2.75) is 13.8 Å². The van der Waals surface area contributed by atoms with Crippen LogP contribution in [0.15, 0.2) is 77.8 Å². The molecule has 204 valence electrons. The number of aliphatic imine (C=N–C) groups is 1. The highest BCUT2D eigenvalue weighted by Crippen LogP contribution is 2.47. The van der Waals surface area contributed by atoms with E-state index in [0.29, 0.717) is 33.2 Å². The molecule has 1 amide bonds. The van der Waals surface area contributed by atoms with Crippen molar-refractivity contribution in [1.29, 1.82) is 0 Å². The molecule has 39 heavy (non-hydrogen) atoms. The first-order valence-corrected chi connectivity index (χ1v) is 14.3. The van der Waals surface area contributed by atoms with Gasteiger partial charge in [0.2, 0.25) is 5.91 Å². The molecular weight excluding hydrogens is 515 g/mol. The average molecular weight is 549 g/mol. The molecule has 0 radical (unpaired) electrons. The normalized spacial score (nSPS) is 12.2. The molecule has 0 fully saturated rings. The van der Waals surface area contributed by atoms with E-state index in [1.165, 1.54) is 0 Å². The fraction of sp³-hybridized carbons (Fsp3) is 0.241. The van der Waals surface area contributed by atoms with Crippen LogP contribution in [0.25, 0.3) is 10.9 Å². The lowest BCUT2D eigenvalue weighted by Gasteiger charge is -2.17. The van der Waals surface area contributed by atoms with Crippen LogP contribution in [0.4, 0.5) is 11.4 Å². The molecule has 0 saturated carbocycles. The molecule has 0 aliphatic carbocycles. The van der Waals surface area contributed by atoms with Crippen LogP contribution in [0, 0.1) is 0 Å². The van der Waals surface area contributed by atoms with Gasteiger partial charge in [0.15, 0.2) is 5.88 Å². The van der Waals surface area contributed by atoms with E-state index < -0.39 is 7.60 Å². The quantitative estimate of drug-likeness (QED) is 0.177. The number of H-pyrrole nitrogens is 1. The SMILES string of the molecule is CCOP(=O)(OCC)c1ccc2[nH]c(O)c(C(=Nc3ccc(N(C)C(=O)CNC)cc3)c3ccccc3)c2c1. The van der Waals surface area contributed by atoms with Crippen LogP contribution in [-0.2, 0) is 18.4 Å². The topological polar surface area (TPSA) is 116 Å². The van der Waals surface area contributed by atoms with Gasteiger partial charge < -0.3 is 29.4 Å². The number of aromatic amines is 1. The number of aromatic hydroxyl groups is 1. The van der Waals surface area contributed by atoms with Crippen molar-refractivity contribution in [3.05, 3.63) is 83.9 Å². The van der Waals surface area contributed by atoms with E-state index >= 15 is 0 Å². The first-order valence-electron chi connectivity index (χ1n) is 12.7. The Kier molecular flexibility index (Phi) is 8.99. The second kappa shape index (κ2) is 12.4. The zero-order valence-electron chi connectivity index (χ0n) is 22.5. The predicted molar refractivity (Wildman–Crippen MR) is 156 cm³/mol. The van der Waals surface area contributed by atoms with E-state index in [9.17, 15) is 14.5 Å². The number of benzene rings is 3. The van der Waals surface area contributed by atoms with Gasteiger partial charge in [0.05, 0.1) is 42.0 Å². The third-order valence-electron chi connectivity index (χ3n) is 6.14. The molecule has 4 aromatic rings. The number of rotatable bonds is 11. The molecule has 0 unspecified atom stereocenters. The number of aromatic nitrogens is 1. The van der Waals surface area contributed by atoms with Crippen LogP contribution in [0.1, 0.15) is 25.0 Å². The van der Waals surface area contributed by atoms with Crippen molar-refractivity contribution in [2.75, 3.05) is 38.8 Å². The van der Waals surface area contributed by atoms with Crippen molar-refractivity contribution >= 4 is 46.8 Å². The summed E-state index contributed by atoms with van der Waals surface area (Å²) in [6.07, 6.45) is 0. The first-order chi connectivity index (χ1) is 18.8. The Labute approximate surface area is 228 Å². The van der Waals surface area contributed by atoms with Gasteiger partial charge in [-0.1, -0.05) is 30.3 Å². The van der Waals surface area contributed by atoms with Crippen molar-refractivity contribution in [1.82, 2.24) is 10.3 Å². The Morgan fingerprint density at radius 2 is 1.69 bits per heavy atom. The summed E-state index contributed by atoms with van der Waals surface area (Å²) >= 11 is 0. The number of amides is 1. The van der Waals surface area contributed by atoms with Crippen LogP contribution in [-0.4, -0.2) is 55.6 Å². The molecule has 0 spiro atoms. The van der Waals surface area contributed by atoms with Crippen LogP contribution in [0.5, 0.6) is 5.88 Å². The average Bonchev–Trinajstić information content (AvgIpc) is 3.27. The highest BCUT2D eigenvalue weighted by atomic mass is 31.2. The third-order valence-corrected chi connectivity index (χ3v) is 8.25. The fourth-order valence-corrected chi connectivity index (χ4v) is 5.85. The van der Waals surface area contributed by atoms with Gasteiger partial charge in [0.25, 0.3) is 0 Å². The Hall–Kier alpha value is -3.75. The molecule has 0 bridgehead atoms. The number of anilines is 1. The van der Waals surface area contributed by atoms with Crippen molar-refractivity contribution in [3.63, 3.8) is 0 Å². The fourth-order valence-electron chi connectivity index (χ4n) is 4.26. The molecule has 0 aliphatic heterocycles. The number of likely N-dealkylation sites (N-methyl/N-ethyl adjacent to an activating group) is 2. The minimum Gasteiger partial charge on any atom is -0.494 e. The Morgan fingerprint density at radius 3 is 2.31 bits per heavy atom. The lowest BCUT2D eigenvalue weighted by molar-refractivity contribution is -0.117. The standard InChI is InChI=1S/C29H33N4O5P/c1-5-37-39(36,38-6-2)23-16-17-25-24(18-23)27(29(35)32-25)28(20-10-8-7-9-11-20)31-21-12-14-22(15-13-21)33(4)26(34)19-30-3/h7-18,30,32,35H,5-6,19H2,1-4H3. The minimum atomic E-state index is -3.56. The smallest absolute Gasteiger partial charge is 0.361 e. The molecule has 10 heteroatoms. The van der Waals surface area contributed by atoms with Gasteiger partial charge in [0.1, 0.15) is 0 Å². The van der Waals surface area contributed by atoms with E-state index in [0.717, 1.165) is 11.3 Å². The van der Waals surface area contributed by atoms with Crippen LogP contribution in [0.3, 0.4) is 0 Å². The predicted octanol–water partition coefficient (Wildman–Crippen LogP) is 5.12. The number of hydrogen-bond donors (Lipinski definition) is 3. The summed E-state index contributed by atoms with van der Waals surface area (Å²) in [6, 6.07) is 21.9. The molecule has 4 rings (SSSR count). The van der Waals surface area contributed by atoms with Crippen LogP contribution >= 0.6 is 7.60 Å². The maximum Gasteiger partial charge on any atom is 0.361 e. The van der Waals surface area contributed by atoms with Gasteiger partial charge >= 0.3 is 7.60 Å². The maximum absolute atomic E-state index is 13.5. The zero-order valence-corrected chi connectivity index (χ0v) is 23.4. The number of nitrogens with zero attached hydrogens (tertiary/aromatic N) is 2. The highest BCUT2D eigenvalue weighted by Gasteiger charge is 2.28. The molecule has 1 aromatic heterocycles. The van der Waals surface area contributed by atoms with Gasteiger partial charge in [-0.15, -0.1) is 0 Å². The third kappa shape index (κ3) is 6.13. The zero-order chi connectivity index (χ0) is 28.0. The summed E-state index contributed by atoms with van der Waals surface area (Å²) in [4.78, 5) is 21.8. The number of nitrogens with one attached hydrogen (secondary N) is 2. The molecule has 3 N–H and O–H groups in total. The van der Waals surface area contributed by atoms with Crippen LogP contribution < -0.4 is 15.5 Å². The molecule has 0 aliphatic rings. The summed E-state index contributed by atoms with van der Waals surface area (Å²) in [5.41, 5.74) is 3.77. The second-order valence-electron chi connectivity index (χ2n) is 8.74. The summed E-state index contributed by atoms with van der Waals surface area (Å²) in [5, 5.41) is 14.9. The van der Waals surface area contributed by atoms with Crippen molar-refractivity contribution < 1.29 is 23.5 Å². The second-order valence-corrected chi connectivity index (χ2v) is 10.8. The summed E-state index contributed by atoms with van der Waals surface area (Å²) in [6.45, 7) is 4.21. The van der Waals surface area contributed by atoms with Crippen LogP contribution in [0.2, 0.25) is 0 Å². The summed E-state index contributed by atoms with van der Waals surface area (Å²) in [5.74, 6) is -0.129. The number of fused-ring (bicyclic) bond motifs is 1. The molecule has 1 heterocycles. The number of carbonyl (C=O) groups excluding carboxylic acids is 1. The lowest BCUT2D eigenvalue weighted by Crippen LogP contribution is -2.33. The number of hydrogen-bond acceptors (Lipinski definition) is 7. The minimum absolute atomic E-state index is 0.0605. The van der Waals surface area contributed by atoms with Gasteiger partial charge in [-0.3, -0.25) is 9.36 Å². The highest BCUT2D eigenvalue weighted by molar-refractivity contribution is 7.62. The molecule has 0 saturated heterocycles. The van der Waals surface area contributed by atoms with E-state index in [1.807, 2.05) is 54.6 Å². The summed E-state index contributed by atoms with van der Waals surface area (Å²) < 4.78 is 24.6. The van der Waals surface area contributed by atoms with E-state index in [2.05, 4.69) is 10.3 Å². The lowest BCUT2D eigenvalue weighted by atomic mass is 10.0. The van der Waals surface area contributed by atoms with Gasteiger partial charge in [-0.05, 0) is 63.4 Å².